The van der Waals surface area contributed by atoms with Crippen molar-refractivity contribution in [2.45, 2.75) is 42.8 Å². The van der Waals surface area contributed by atoms with Gasteiger partial charge in [-0.05, 0) is 18.1 Å². The third-order valence-corrected chi connectivity index (χ3v) is 3.65. The van der Waals surface area contributed by atoms with E-state index in [4.69, 9.17) is 10.2 Å². The highest BCUT2D eigenvalue weighted by Crippen LogP contribution is 2.57. The Balaban J connectivity index is 4.12. The molecule has 15 heteroatoms. The van der Waals surface area contributed by atoms with Gasteiger partial charge < -0.3 is 15.3 Å². The molecule has 0 aromatic heterocycles. The van der Waals surface area contributed by atoms with Gasteiger partial charge in [0.2, 0.25) is 0 Å². The fraction of sp³-hybridized carbons (Fsp3) is 0.538. The predicted octanol–water partition coefficient (Wildman–Crippen LogP) is 3.69. The first-order chi connectivity index (χ1) is 12.0. The SMILES string of the molecule is Cc1cc(C(O)(C(F)(F)F)C(F)(F)F)c([O-])c(C(O)(C(F)(F)F)C(F)(F)F)c1. The van der Waals surface area contributed by atoms with Crippen LogP contribution in [0.1, 0.15) is 16.7 Å². The van der Waals surface area contributed by atoms with Crippen molar-refractivity contribution in [1.29, 1.82) is 0 Å². The van der Waals surface area contributed by atoms with E-state index in [1.807, 2.05) is 0 Å². The van der Waals surface area contributed by atoms with Gasteiger partial charge in [0.15, 0.2) is 0 Å². The molecule has 2 N–H and O–H groups in total. The summed E-state index contributed by atoms with van der Waals surface area (Å²) in [6.07, 6.45) is -27.0. The molecule has 1 aromatic carbocycles. The summed E-state index contributed by atoms with van der Waals surface area (Å²) >= 11 is 0. The van der Waals surface area contributed by atoms with E-state index in [0.717, 1.165) is 0 Å². The van der Waals surface area contributed by atoms with E-state index >= 15 is 0 Å². The summed E-state index contributed by atoms with van der Waals surface area (Å²) in [6, 6.07) is -0.750. The summed E-state index contributed by atoms with van der Waals surface area (Å²) in [5.74, 6) is -3.14. The highest BCUT2D eigenvalue weighted by atomic mass is 19.4. The third-order valence-electron chi connectivity index (χ3n) is 3.65. The third kappa shape index (κ3) is 3.33. The maximum absolute atomic E-state index is 12.9. The maximum atomic E-state index is 12.9. The first-order valence-corrected chi connectivity index (χ1v) is 6.57. The lowest BCUT2D eigenvalue weighted by Crippen LogP contribution is -2.56. The Hall–Kier alpha value is -1.90. The smallest absolute Gasteiger partial charge is 0.430 e. The molecule has 0 fully saturated rings. The average Bonchev–Trinajstić information content (AvgIpc) is 2.42. The van der Waals surface area contributed by atoms with Gasteiger partial charge >= 0.3 is 24.7 Å². The molecule has 0 spiro atoms. The van der Waals surface area contributed by atoms with Crippen molar-refractivity contribution < 1.29 is 68.0 Å². The van der Waals surface area contributed by atoms with Gasteiger partial charge in [0.1, 0.15) is 0 Å². The van der Waals surface area contributed by atoms with Gasteiger partial charge in [-0.3, -0.25) is 0 Å². The minimum Gasteiger partial charge on any atom is -0.872 e. The van der Waals surface area contributed by atoms with Gasteiger partial charge in [-0.15, -0.1) is 0 Å². The molecule has 0 aliphatic heterocycles. The largest absolute Gasteiger partial charge is 0.872 e. The van der Waals surface area contributed by atoms with Crippen molar-refractivity contribution >= 4 is 0 Å². The van der Waals surface area contributed by atoms with E-state index in [-0.39, 0.29) is 12.1 Å². The highest BCUT2D eigenvalue weighted by molar-refractivity contribution is 5.50. The van der Waals surface area contributed by atoms with E-state index in [9.17, 15) is 57.8 Å². The van der Waals surface area contributed by atoms with Crippen LogP contribution in [0, 0.1) is 6.92 Å². The number of aliphatic hydroxyl groups is 2. The number of hydrogen-bond donors (Lipinski definition) is 2. The van der Waals surface area contributed by atoms with Crippen LogP contribution in [-0.4, -0.2) is 34.9 Å². The second-order valence-electron chi connectivity index (χ2n) is 5.60. The van der Waals surface area contributed by atoms with E-state index in [2.05, 4.69) is 0 Å². The van der Waals surface area contributed by atoms with Crippen LogP contribution >= 0.6 is 0 Å². The molecule has 0 heterocycles. The number of rotatable bonds is 2. The van der Waals surface area contributed by atoms with Gasteiger partial charge in [0, 0.05) is 0 Å². The molecule has 1 rings (SSSR count). The van der Waals surface area contributed by atoms with Gasteiger partial charge in [-0.25, -0.2) is 0 Å². The maximum Gasteiger partial charge on any atom is 0.430 e. The van der Waals surface area contributed by atoms with Gasteiger partial charge in [-0.2, -0.15) is 52.7 Å². The summed E-state index contributed by atoms with van der Waals surface area (Å²) in [5, 5.41) is 30.2. The zero-order chi connectivity index (χ0) is 22.7. The molecule has 0 saturated heterocycles. The lowest BCUT2D eigenvalue weighted by atomic mass is 9.83. The van der Waals surface area contributed by atoms with Crippen molar-refractivity contribution in [3.8, 4) is 5.75 Å². The second kappa shape index (κ2) is 6.30. The molecular formula is C13H7F12O3-. The van der Waals surface area contributed by atoms with Crippen LogP contribution < -0.4 is 5.11 Å². The topological polar surface area (TPSA) is 63.5 Å². The highest BCUT2D eigenvalue weighted by Gasteiger charge is 2.74. The van der Waals surface area contributed by atoms with Crippen LogP contribution in [0.4, 0.5) is 52.7 Å². The normalized spacial score (nSPS) is 15.1. The first-order valence-electron chi connectivity index (χ1n) is 6.57. The Morgan fingerprint density at radius 2 is 0.821 bits per heavy atom. The van der Waals surface area contributed by atoms with Gasteiger partial charge in [0.25, 0.3) is 11.2 Å². The molecule has 0 aliphatic rings. The minimum absolute atomic E-state index is 0.375. The Morgan fingerprint density at radius 3 is 1.00 bits per heavy atom. The molecular weight excluding hydrogens is 432 g/mol. The number of halogens is 12. The molecule has 0 radical (unpaired) electrons. The zero-order valence-electron chi connectivity index (χ0n) is 13.0. The fourth-order valence-corrected chi connectivity index (χ4v) is 2.24. The lowest BCUT2D eigenvalue weighted by molar-refractivity contribution is -0.387. The number of hydrogen-bond acceptors (Lipinski definition) is 3. The molecule has 0 amide bonds. The zero-order valence-corrected chi connectivity index (χ0v) is 13.0. The van der Waals surface area contributed by atoms with Crippen LogP contribution in [0.25, 0.3) is 0 Å². The Kier molecular flexibility index (Phi) is 5.43. The van der Waals surface area contributed by atoms with E-state index in [0.29, 0.717) is 6.92 Å². The van der Waals surface area contributed by atoms with Crippen LogP contribution in [0.15, 0.2) is 12.1 Å². The predicted molar refractivity (Wildman–Crippen MR) is 62.6 cm³/mol. The molecule has 0 saturated carbocycles. The molecule has 1 aromatic rings. The molecule has 162 valence electrons. The van der Waals surface area contributed by atoms with E-state index in [1.165, 1.54) is 0 Å². The molecule has 28 heavy (non-hydrogen) atoms. The minimum atomic E-state index is -6.76. The summed E-state index contributed by atoms with van der Waals surface area (Å²) in [5.41, 5.74) is -19.1. The summed E-state index contributed by atoms with van der Waals surface area (Å²) in [6.45, 7) is 0.451. The van der Waals surface area contributed by atoms with Crippen molar-refractivity contribution in [2.24, 2.45) is 0 Å². The summed E-state index contributed by atoms with van der Waals surface area (Å²) in [7, 11) is 0. The van der Waals surface area contributed by atoms with Crippen LogP contribution in [-0.2, 0) is 11.2 Å². The van der Waals surface area contributed by atoms with Gasteiger partial charge in [-0.1, -0.05) is 23.4 Å². The molecule has 3 nitrogen and oxygen atoms in total. The fourth-order valence-electron chi connectivity index (χ4n) is 2.24. The van der Waals surface area contributed by atoms with Gasteiger partial charge in [0.05, 0.1) is 0 Å². The Bertz CT molecular complexity index is 654. The Morgan fingerprint density at radius 1 is 0.607 bits per heavy atom. The van der Waals surface area contributed by atoms with E-state index < -0.39 is 58.3 Å². The number of benzene rings is 1. The molecule has 0 unspecified atom stereocenters. The molecule has 0 aliphatic carbocycles. The van der Waals surface area contributed by atoms with Crippen molar-refractivity contribution in [1.82, 2.24) is 0 Å². The van der Waals surface area contributed by atoms with Crippen LogP contribution in [0.2, 0.25) is 0 Å². The quantitative estimate of drug-likeness (QED) is 0.692. The monoisotopic (exact) mass is 439 g/mol. The van der Waals surface area contributed by atoms with Crippen LogP contribution in [0.5, 0.6) is 5.75 Å². The van der Waals surface area contributed by atoms with Crippen molar-refractivity contribution in [3.05, 3.63) is 28.8 Å². The summed E-state index contributed by atoms with van der Waals surface area (Å²) in [4.78, 5) is 0. The standard InChI is InChI=1S/C13H8F12O3/c1-4-2-5(8(27,10(14,15)16)11(17,18)19)7(26)6(3-4)9(28,12(20,21)22)13(23,24)25/h2-3,26-28H,1H3/p-1. The first kappa shape index (κ1) is 24.1. The van der Waals surface area contributed by atoms with E-state index in [1.54, 1.807) is 0 Å². The average molecular weight is 439 g/mol. The van der Waals surface area contributed by atoms with Crippen LogP contribution in [0.3, 0.4) is 0 Å². The van der Waals surface area contributed by atoms with Crippen molar-refractivity contribution in [2.75, 3.05) is 0 Å². The summed E-state index contributed by atoms with van der Waals surface area (Å²) < 4.78 is 155. The second-order valence-corrected chi connectivity index (χ2v) is 5.60. The number of alkyl halides is 12. The Labute approximate surface area is 146 Å². The molecule has 0 bridgehead atoms. The number of aryl methyl sites for hydroxylation is 1. The molecule has 0 atom stereocenters. The van der Waals surface area contributed by atoms with Crippen molar-refractivity contribution in [3.63, 3.8) is 0 Å². The lowest BCUT2D eigenvalue weighted by Gasteiger charge is -2.40.